The SMILES string of the molecule is CC(C)Oc1cccc(CC(=O)N2CCCCC2C(C)N)c1.Cl. The van der Waals surface area contributed by atoms with Gasteiger partial charge in [-0.1, -0.05) is 12.1 Å². The Morgan fingerprint density at radius 1 is 1.35 bits per heavy atom. The number of halogens is 1. The summed E-state index contributed by atoms with van der Waals surface area (Å²) in [6.07, 6.45) is 3.80. The van der Waals surface area contributed by atoms with Crippen molar-refractivity contribution in [2.75, 3.05) is 6.54 Å². The fourth-order valence-electron chi connectivity index (χ4n) is 3.09. The quantitative estimate of drug-likeness (QED) is 0.895. The molecule has 0 spiro atoms. The summed E-state index contributed by atoms with van der Waals surface area (Å²) in [6, 6.07) is 8.02. The molecule has 5 heteroatoms. The summed E-state index contributed by atoms with van der Waals surface area (Å²) in [7, 11) is 0. The molecular weight excluding hydrogens is 312 g/mol. The van der Waals surface area contributed by atoms with Gasteiger partial charge in [0.05, 0.1) is 12.5 Å². The van der Waals surface area contributed by atoms with Crippen LogP contribution in [0, 0.1) is 0 Å². The second-order valence-electron chi connectivity index (χ2n) is 6.50. The Hall–Kier alpha value is -1.26. The molecule has 1 amide bonds. The van der Waals surface area contributed by atoms with Crippen LogP contribution in [-0.4, -0.2) is 35.5 Å². The number of piperidine rings is 1. The van der Waals surface area contributed by atoms with Gasteiger partial charge in [-0.25, -0.2) is 0 Å². The zero-order chi connectivity index (χ0) is 16.1. The van der Waals surface area contributed by atoms with Gasteiger partial charge in [-0.15, -0.1) is 12.4 Å². The molecule has 0 aromatic heterocycles. The summed E-state index contributed by atoms with van der Waals surface area (Å²) in [6.45, 7) is 6.82. The zero-order valence-electron chi connectivity index (χ0n) is 14.3. The van der Waals surface area contributed by atoms with E-state index in [1.807, 2.05) is 49.9 Å². The summed E-state index contributed by atoms with van der Waals surface area (Å²) in [4.78, 5) is 14.6. The van der Waals surface area contributed by atoms with E-state index < -0.39 is 0 Å². The smallest absolute Gasteiger partial charge is 0.227 e. The van der Waals surface area contributed by atoms with E-state index in [0.29, 0.717) is 6.42 Å². The van der Waals surface area contributed by atoms with E-state index in [1.54, 1.807) is 0 Å². The Kier molecular flexibility index (Phi) is 7.86. The number of nitrogens with zero attached hydrogens (tertiary/aromatic N) is 1. The first kappa shape index (κ1) is 19.8. The van der Waals surface area contributed by atoms with Crippen LogP contribution in [0.15, 0.2) is 24.3 Å². The molecule has 1 saturated heterocycles. The molecule has 1 aliphatic heterocycles. The van der Waals surface area contributed by atoms with E-state index >= 15 is 0 Å². The highest BCUT2D eigenvalue weighted by molar-refractivity contribution is 5.85. The summed E-state index contributed by atoms with van der Waals surface area (Å²) >= 11 is 0. The van der Waals surface area contributed by atoms with E-state index in [0.717, 1.165) is 37.1 Å². The topological polar surface area (TPSA) is 55.6 Å². The van der Waals surface area contributed by atoms with Crippen LogP contribution in [0.1, 0.15) is 45.6 Å². The van der Waals surface area contributed by atoms with Crippen LogP contribution in [-0.2, 0) is 11.2 Å². The van der Waals surface area contributed by atoms with Crippen LogP contribution in [0.4, 0.5) is 0 Å². The normalized spacial score (nSPS) is 19.2. The summed E-state index contributed by atoms with van der Waals surface area (Å²) < 4.78 is 5.70. The van der Waals surface area contributed by atoms with Gasteiger partial charge >= 0.3 is 0 Å². The third-order valence-corrected chi connectivity index (χ3v) is 4.10. The minimum absolute atomic E-state index is 0. The van der Waals surface area contributed by atoms with Crippen molar-refractivity contribution in [2.24, 2.45) is 5.73 Å². The molecule has 23 heavy (non-hydrogen) atoms. The number of hydrogen-bond acceptors (Lipinski definition) is 3. The molecular formula is C18H29ClN2O2. The van der Waals surface area contributed by atoms with Gasteiger partial charge in [-0.2, -0.15) is 0 Å². The number of amides is 1. The molecule has 1 heterocycles. The molecule has 0 saturated carbocycles. The van der Waals surface area contributed by atoms with E-state index in [9.17, 15) is 4.79 Å². The lowest BCUT2D eigenvalue weighted by Gasteiger charge is -2.38. The second kappa shape index (κ2) is 9.14. The van der Waals surface area contributed by atoms with Crippen molar-refractivity contribution in [1.82, 2.24) is 4.90 Å². The first-order chi connectivity index (χ1) is 10.5. The molecule has 1 aliphatic rings. The molecule has 2 atom stereocenters. The molecule has 4 nitrogen and oxygen atoms in total. The lowest BCUT2D eigenvalue weighted by atomic mass is 9.96. The van der Waals surface area contributed by atoms with E-state index in [4.69, 9.17) is 10.5 Å². The van der Waals surface area contributed by atoms with Crippen molar-refractivity contribution >= 4 is 18.3 Å². The summed E-state index contributed by atoms with van der Waals surface area (Å²) in [5, 5.41) is 0. The maximum absolute atomic E-state index is 12.6. The van der Waals surface area contributed by atoms with Crippen LogP contribution in [0.25, 0.3) is 0 Å². The minimum atomic E-state index is 0. The standard InChI is InChI=1S/C18H28N2O2.ClH/c1-13(2)22-16-8-6-7-15(11-16)12-18(21)20-10-5-4-9-17(20)14(3)19;/h6-8,11,13-14,17H,4-5,9-10,12,19H2,1-3H3;1H. The number of benzene rings is 1. The summed E-state index contributed by atoms with van der Waals surface area (Å²) in [5.74, 6) is 0.992. The van der Waals surface area contributed by atoms with Gasteiger partial charge in [0.15, 0.2) is 0 Å². The Bertz CT molecular complexity index is 506. The van der Waals surface area contributed by atoms with Crippen molar-refractivity contribution in [1.29, 1.82) is 0 Å². The highest BCUT2D eigenvalue weighted by Crippen LogP contribution is 2.21. The number of ether oxygens (including phenoxy) is 1. The Morgan fingerprint density at radius 2 is 2.09 bits per heavy atom. The van der Waals surface area contributed by atoms with Crippen molar-refractivity contribution < 1.29 is 9.53 Å². The minimum Gasteiger partial charge on any atom is -0.491 e. The number of carbonyl (C=O) groups is 1. The lowest BCUT2D eigenvalue weighted by molar-refractivity contribution is -0.134. The van der Waals surface area contributed by atoms with Crippen molar-refractivity contribution in [2.45, 2.75) is 64.6 Å². The summed E-state index contributed by atoms with van der Waals surface area (Å²) in [5.41, 5.74) is 7.05. The fourth-order valence-corrected chi connectivity index (χ4v) is 3.09. The van der Waals surface area contributed by atoms with Gasteiger partial charge < -0.3 is 15.4 Å². The second-order valence-corrected chi connectivity index (χ2v) is 6.50. The number of likely N-dealkylation sites (tertiary alicyclic amines) is 1. The predicted molar refractivity (Wildman–Crippen MR) is 96.2 cm³/mol. The predicted octanol–water partition coefficient (Wildman–Crippen LogP) is 3.17. The van der Waals surface area contributed by atoms with Crippen LogP contribution < -0.4 is 10.5 Å². The highest BCUT2D eigenvalue weighted by atomic mass is 35.5. The molecule has 1 aromatic rings. The Balaban J connectivity index is 0.00000264. The van der Waals surface area contributed by atoms with Gasteiger partial charge in [0, 0.05) is 18.6 Å². The molecule has 2 rings (SSSR count). The van der Waals surface area contributed by atoms with Crippen LogP contribution in [0.3, 0.4) is 0 Å². The fraction of sp³-hybridized carbons (Fsp3) is 0.611. The van der Waals surface area contributed by atoms with Gasteiger partial charge in [0.2, 0.25) is 5.91 Å². The number of rotatable bonds is 5. The molecule has 2 unspecified atom stereocenters. The highest BCUT2D eigenvalue weighted by Gasteiger charge is 2.28. The molecule has 0 bridgehead atoms. The van der Waals surface area contributed by atoms with E-state index in [2.05, 4.69) is 0 Å². The first-order valence-corrected chi connectivity index (χ1v) is 8.28. The average Bonchev–Trinajstić information content (AvgIpc) is 2.46. The first-order valence-electron chi connectivity index (χ1n) is 8.28. The maximum Gasteiger partial charge on any atom is 0.227 e. The number of hydrogen-bond donors (Lipinski definition) is 1. The molecule has 1 aromatic carbocycles. The van der Waals surface area contributed by atoms with Crippen molar-refractivity contribution in [3.05, 3.63) is 29.8 Å². The Morgan fingerprint density at radius 3 is 2.74 bits per heavy atom. The van der Waals surface area contributed by atoms with Crippen molar-refractivity contribution in [3.63, 3.8) is 0 Å². The van der Waals surface area contributed by atoms with Crippen molar-refractivity contribution in [3.8, 4) is 5.75 Å². The molecule has 130 valence electrons. The third kappa shape index (κ3) is 5.70. The van der Waals surface area contributed by atoms with Gasteiger partial charge in [-0.05, 0) is 57.7 Å². The van der Waals surface area contributed by atoms with Gasteiger partial charge in [-0.3, -0.25) is 4.79 Å². The third-order valence-electron chi connectivity index (χ3n) is 4.10. The zero-order valence-corrected chi connectivity index (χ0v) is 15.1. The average molecular weight is 341 g/mol. The lowest BCUT2D eigenvalue weighted by Crippen LogP contribution is -2.52. The largest absolute Gasteiger partial charge is 0.491 e. The molecule has 1 fully saturated rings. The van der Waals surface area contributed by atoms with Gasteiger partial charge in [0.25, 0.3) is 0 Å². The van der Waals surface area contributed by atoms with E-state index in [1.165, 1.54) is 0 Å². The number of nitrogens with two attached hydrogens (primary N) is 1. The van der Waals surface area contributed by atoms with Crippen LogP contribution >= 0.6 is 12.4 Å². The van der Waals surface area contributed by atoms with Gasteiger partial charge in [0.1, 0.15) is 5.75 Å². The van der Waals surface area contributed by atoms with Crippen LogP contribution in [0.5, 0.6) is 5.75 Å². The maximum atomic E-state index is 12.6. The Labute approximate surface area is 145 Å². The molecule has 2 N–H and O–H groups in total. The van der Waals surface area contributed by atoms with Crippen LogP contribution in [0.2, 0.25) is 0 Å². The van der Waals surface area contributed by atoms with E-state index in [-0.39, 0.29) is 36.5 Å². The molecule has 0 radical (unpaired) electrons. The monoisotopic (exact) mass is 340 g/mol. The molecule has 0 aliphatic carbocycles. The number of carbonyl (C=O) groups excluding carboxylic acids is 1.